The second-order valence-electron chi connectivity index (χ2n) is 8.56. The molecule has 1 fully saturated rings. The summed E-state index contributed by atoms with van der Waals surface area (Å²) < 4.78 is 18.6. The van der Waals surface area contributed by atoms with Crippen LogP contribution in [0.15, 0.2) is 40.9 Å². The quantitative estimate of drug-likeness (QED) is 0.718. The fraction of sp³-hybridized carbons (Fsp3) is 0.391. The Balaban J connectivity index is 1.14. The molecule has 0 bridgehead atoms. The van der Waals surface area contributed by atoms with Gasteiger partial charge >= 0.3 is 0 Å². The van der Waals surface area contributed by atoms with Gasteiger partial charge < -0.3 is 19.6 Å². The number of nitrogens with zero attached hydrogens (tertiary/aromatic N) is 3. The van der Waals surface area contributed by atoms with Crippen molar-refractivity contribution in [2.75, 3.05) is 36.4 Å². The number of para-hydroxylation sites is 1. The van der Waals surface area contributed by atoms with E-state index in [1.807, 2.05) is 6.07 Å². The lowest BCUT2D eigenvalue weighted by Gasteiger charge is -2.39. The van der Waals surface area contributed by atoms with Crippen molar-refractivity contribution in [2.24, 2.45) is 0 Å². The number of carbonyl (C=O) groups excluding carboxylic acids is 1. The zero-order valence-electron chi connectivity index (χ0n) is 16.6. The Hall–Kier alpha value is -2.93. The smallest absolute Gasteiger partial charge is 0.243 e. The van der Waals surface area contributed by atoms with Crippen LogP contribution in [0.25, 0.3) is 11.0 Å². The van der Waals surface area contributed by atoms with Gasteiger partial charge in [-0.1, -0.05) is 17.3 Å². The summed E-state index contributed by atoms with van der Waals surface area (Å²) in [6, 6.07) is 11.3. The summed E-state index contributed by atoms with van der Waals surface area (Å²) in [6.45, 7) is 3.50. The molecular formula is C23H23FN4O2. The highest BCUT2D eigenvalue weighted by Crippen LogP contribution is 2.49. The van der Waals surface area contributed by atoms with E-state index in [1.54, 1.807) is 6.07 Å². The average molecular weight is 406 g/mol. The fourth-order valence-electron chi connectivity index (χ4n) is 5.49. The molecular weight excluding hydrogens is 383 g/mol. The predicted molar refractivity (Wildman–Crippen MR) is 112 cm³/mol. The second kappa shape index (κ2) is 6.80. The molecule has 4 heterocycles. The summed E-state index contributed by atoms with van der Waals surface area (Å²) in [6.07, 6.45) is 2.86. The number of anilines is 2. The number of aryl methyl sites for hydroxylation is 1. The first-order chi connectivity index (χ1) is 14.7. The second-order valence-corrected chi connectivity index (χ2v) is 8.56. The number of fused-ring (bicyclic) bond motifs is 4. The van der Waals surface area contributed by atoms with E-state index < -0.39 is 0 Å². The molecule has 2 atom stereocenters. The van der Waals surface area contributed by atoms with Gasteiger partial charge in [0.15, 0.2) is 5.58 Å². The van der Waals surface area contributed by atoms with E-state index in [4.69, 9.17) is 4.52 Å². The number of hydrogen-bond acceptors (Lipinski definition) is 5. The normalized spacial score (nSPS) is 22.8. The fourth-order valence-corrected chi connectivity index (χ4v) is 5.49. The molecule has 1 N–H and O–H groups in total. The summed E-state index contributed by atoms with van der Waals surface area (Å²) in [5, 5.41) is 8.07. The number of amides is 1. The zero-order chi connectivity index (χ0) is 20.2. The molecule has 3 aromatic rings. The Bertz CT molecular complexity index is 1140. The average Bonchev–Trinajstić information content (AvgIpc) is 3.28. The van der Waals surface area contributed by atoms with Crippen LogP contribution in [-0.4, -0.2) is 48.2 Å². The molecule has 30 heavy (non-hydrogen) atoms. The van der Waals surface area contributed by atoms with Gasteiger partial charge in [-0.3, -0.25) is 4.79 Å². The van der Waals surface area contributed by atoms with Gasteiger partial charge in [0, 0.05) is 36.5 Å². The maximum Gasteiger partial charge on any atom is 0.243 e. The van der Waals surface area contributed by atoms with Crippen molar-refractivity contribution in [3.8, 4) is 0 Å². The summed E-state index contributed by atoms with van der Waals surface area (Å²) in [5.41, 5.74) is 4.97. The number of rotatable bonds is 4. The standard InChI is InChI=1S/C23H23FN4O2/c24-14-6-7-16-18(26-30-21(16)11-14)5-2-9-27-10-8-20-17(12-27)15-3-1-4-19-23(15)28(20)13-22(29)25-19/h1,3-4,6-7,11,17,20H,2,5,8-10,12-13H2,(H,25,29)/t17-,20?/m0/s1. The maximum atomic E-state index is 13.3. The Morgan fingerprint density at radius 2 is 2.20 bits per heavy atom. The molecule has 3 aliphatic heterocycles. The van der Waals surface area contributed by atoms with Crippen molar-refractivity contribution in [1.29, 1.82) is 0 Å². The van der Waals surface area contributed by atoms with E-state index >= 15 is 0 Å². The molecule has 1 amide bonds. The van der Waals surface area contributed by atoms with Crippen molar-refractivity contribution >= 4 is 28.3 Å². The third-order valence-electron chi connectivity index (χ3n) is 6.80. The van der Waals surface area contributed by atoms with E-state index in [-0.39, 0.29) is 11.7 Å². The third-order valence-corrected chi connectivity index (χ3v) is 6.80. The van der Waals surface area contributed by atoms with Crippen LogP contribution in [0, 0.1) is 5.82 Å². The SMILES string of the molecule is O=C1CN2c3c(cccc3[C@@H]3CN(CCCc4noc5cc(F)ccc45)CCC32)N1. The largest absolute Gasteiger partial charge is 0.357 e. The molecule has 7 heteroatoms. The van der Waals surface area contributed by atoms with Gasteiger partial charge in [-0.05, 0) is 49.6 Å². The molecule has 0 spiro atoms. The summed E-state index contributed by atoms with van der Waals surface area (Å²) in [7, 11) is 0. The number of halogens is 1. The topological polar surface area (TPSA) is 61.6 Å². The Kier molecular flexibility index (Phi) is 4.06. The number of nitrogens with one attached hydrogen (secondary N) is 1. The Labute approximate surface area is 173 Å². The van der Waals surface area contributed by atoms with E-state index in [0.29, 0.717) is 24.1 Å². The van der Waals surface area contributed by atoms with Crippen molar-refractivity contribution in [3.63, 3.8) is 0 Å². The summed E-state index contributed by atoms with van der Waals surface area (Å²) in [5.74, 6) is 0.225. The van der Waals surface area contributed by atoms with E-state index in [9.17, 15) is 9.18 Å². The van der Waals surface area contributed by atoms with Crippen molar-refractivity contribution in [1.82, 2.24) is 10.1 Å². The number of piperidine rings is 1. The van der Waals surface area contributed by atoms with Crippen LogP contribution in [-0.2, 0) is 11.2 Å². The molecule has 2 aromatic carbocycles. The molecule has 3 aliphatic rings. The van der Waals surface area contributed by atoms with Crippen LogP contribution in [0.5, 0.6) is 0 Å². The number of likely N-dealkylation sites (tertiary alicyclic amines) is 1. The van der Waals surface area contributed by atoms with Gasteiger partial charge in [0.2, 0.25) is 5.91 Å². The van der Waals surface area contributed by atoms with Crippen LogP contribution in [0.4, 0.5) is 15.8 Å². The van der Waals surface area contributed by atoms with E-state index in [1.165, 1.54) is 23.4 Å². The first-order valence-electron chi connectivity index (χ1n) is 10.6. The molecule has 6 nitrogen and oxygen atoms in total. The first-order valence-corrected chi connectivity index (χ1v) is 10.6. The van der Waals surface area contributed by atoms with Crippen molar-refractivity contribution < 1.29 is 13.7 Å². The summed E-state index contributed by atoms with van der Waals surface area (Å²) in [4.78, 5) is 17.0. The predicted octanol–water partition coefficient (Wildman–Crippen LogP) is 3.53. The Morgan fingerprint density at radius 3 is 3.13 bits per heavy atom. The van der Waals surface area contributed by atoms with Gasteiger partial charge in [0.25, 0.3) is 0 Å². The lowest BCUT2D eigenvalue weighted by atomic mass is 9.89. The van der Waals surface area contributed by atoms with Gasteiger partial charge in [-0.2, -0.15) is 0 Å². The Morgan fingerprint density at radius 1 is 1.27 bits per heavy atom. The molecule has 154 valence electrons. The van der Waals surface area contributed by atoms with Gasteiger partial charge in [0.1, 0.15) is 5.82 Å². The third kappa shape index (κ3) is 2.80. The molecule has 0 saturated carbocycles. The van der Waals surface area contributed by atoms with Crippen LogP contribution in [0.3, 0.4) is 0 Å². The zero-order valence-corrected chi connectivity index (χ0v) is 16.6. The maximum absolute atomic E-state index is 13.3. The van der Waals surface area contributed by atoms with E-state index in [2.05, 4.69) is 32.4 Å². The summed E-state index contributed by atoms with van der Waals surface area (Å²) >= 11 is 0. The minimum absolute atomic E-state index is 0.0856. The molecule has 6 rings (SSSR count). The monoisotopic (exact) mass is 406 g/mol. The molecule has 0 aliphatic carbocycles. The lowest BCUT2D eigenvalue weighted by molar-refractivity contribution is -0.115. The minimum atomic E-state index is -0.303. The van der Waals surface area contributed by atoms with Crippen molar-refractivity contribution in [2.45, 2.75) is 31.2 Å². The highest BCUT2D eigenvalue weighted by molar-refractivity contribution is 6.03. The number of aromatic nitrogens is 1. The van der Waals surface area contributed by atoms with Crippen LogP contribution >= 0.6 is 0 Å². The first kappa shape index (κ1) is 17.9. The lowest BCUT2D eigenvalue weighted by Crippen LogP contribution is -2.49. The molecule has 1 saturated heterocycles. The van der Waals surface area contributed by atoms with Crippen LogP contribution < -0.4 is 10.2 Å². The highest BCUT2D eigenvalue weighted by Gasteiger charge is 2.45. The van der Waals surface area contributed by atoms with Crippen LogP contribution in [0.2, 0.25) is 0 Å². The van der Waals surface area contributed by atoms with Gasteiger partial charge in [0.05, 0.1) is 23.6 Å². The molecule has 0 radical (unpaired) electrons. The highest BCUT2D eigenvalue weighted by atomic mass is 19.1. The minimum Gasteiger partial charge on any atom is -0.357 e. The van der Waals surface area contributed by atoms with Crippen molar-refractivity contribution in [3.05, 3.63) is 53.5 Å². The van der Waals surface area contributed by atoms with Crippen LogP contribution in [0.1, 0.15) is 30.0 Å². The molecule has 1 aromatic heterocycles. The molecule has 1 unspecified atom stereocenters. The number of benzene rings is 2. The number of hydrogen-bond donors (Lipinski definition) is 1. The number of carbonyl (C=O) groups is 1. The van der Waals surface area contributed by atoms with Gasteiger partial charge in [-0.25, -0.2) is 4.39 Å². The van der Waals surface area contributed by atoms with E-state index in [0.717, 1.165) is 55.7 Å². The van der Waals surface area contributed by atoms with Gasteiger partial charge in [-0.15, -0.1) is 0 Å².